The number of hydrogen-bond donors (Lipinski definition) is 1. The number of amides is 1. The molecule has 0 radical (unpaired) electrons. The minimum absolute atomic E-state index is 0.0683. The number of para-hydroxylation sites is 1. The number of hydrogen-bond acceptors (Lipinski definition) is 5. The maximum Gasteiger partial charge on any atom is 0.230 e. The number of nitrogens with zero attached hydrogens (tertiary/aromatic N) is 3. The molecule has 0 spiro atoms. The van der Waals surface area contributed by atoms with E-state index in [1.54, 1.807) is 11.3 Å². The van der Waals surface area contributed by atoms with Gasteiger partial charge in [-0.2, -0.15) is 0 Å². The van der Waals surface area contributed by atoms with Gasteiger partial charge >= 0.3 is 0 Å². The zero-order valence-corrected chi connectivity index (χ0v) is 15.4. The van der Waals surface area contributed by atoms with Crippen LogP contribution in [0.5, 0.6) is 0 Å². The predicted molar refractivity (Wildman–Crippen MR) is 102 cm³/mol. The number of thiazole rings is 1. The number of aromatic nitrogens is 3. The SMILES string of the molecule is O=C(CSc1nnc2sc3ccccc3n12)NCc1ccccc1Cl. The van der Waals surface area contributed by atoms with E-state index in [0.717, 1.165) is 25.9 Å². The fraction of sp³-hybridized carbons (Fsp3) is 0.118. The van der Waals surface area contributed by atoms with E-state index in [9.17, 15) is 4.79 Å². The highest BCUT2D eigenvalue weighted by Gasteiger charge is 2.14. The van der Waals surface area contributed by atoms with E-state index in [1.807, 2.05) is 46.9 Å². The summed E-state index contributed by atoms with van der Waals surface area (Å²) in [6.07, 6.45) is 0. The first-order chi connectivity index (χ1) is 12.2. The van der Waals surface area contributed by atoms with Crippen LogP contribution in [0.2, 0.25) is 5.02 Å². The number of fused-ring (bicyclic) bond motifs is 3. The molecule has 126 valence electrons. The summed E-state index contributed by atoms with van der Waals surface area (Å²) in [7, 11) is 0. The Balaban J connectivity index is 1.43. The van der Waals surface area contributed by atoms with Crippen molar-refractivity contribution in [3.63, 3.8) is 0 Å². The molecular formula is C17H13ClN4OS2. The first-order valence-electron chi connectivity index (χ1n) is 7.58. The van der Waals surface area contributed by atoms with E-state index in [0.29, 0.717) is 11.6 Å². The first-order valence-corrected chi connectivity index (χ1v) is 9.76. The number of halogens is 1. The van der Waals surface area contributed by atoms with Crippen molar-refractivity contribution in [2.75, 3.05) is 5.75 Å². The Kier molecular flexibility index (Phi) is 4.61. The number of benzene rings is 2. The molecule has 0 aliphatic carbocycles. The van der Waals surface area contributed by atoms with Crippen LogP contribution in [0.25, 0.3) is 15.2 Å². The summed E-state index contributed by atoms with van der Waals surface area (Å²) >= 11 is 9.06. The minimum Gasteiger partial charge on any atom is -0.351 e. The highest BCUT2D eigenvalue weighted by Crippen LogP contribution is 2.29. The molecule has 4 aromatic rings. The second-order valence-corrected chi connectivity index (χ2v) is 7.69. The second-order valence-electron chi connectivity index (χ2n) is 5.33. The molecule has 2 aromatic heterocycles. The Morgan fingerprint density at radius 3 is 2.84 bits per heavy atom. The fourth-order valence-electron chi connectivity index (χ4n) is 2.47. The first kappa shape index (κ1) is 16.4. The highest BCUT2D eigenvalue weighted by molar-refractivity contribution is 7.99. The lowest BCUT2D eigenvalue weighted by Crippen LogP contribution is -2.24. The molecule has 2 aromatic carbocycles. The quantitative estimate of drug-likeness (QED) is 0.525. The Morgan fingerprint density at radius 2 is 1.96 bits per heavy atom. The molecule has 2 heterocycles. The van der Waals surface area contributed by atoms with Crippen molar-refractivity contribution < 1.29 is 4.79 Å². The van der Waals surface area contributed by atoms with Crippen LogP contribution in [0.1, 0.15) is 5.56 Å². The lowest BCUT2D eigenvalue weighted by Gasteiger charge is -2.06. The zero-order chi connectivity index (χ0) is 17.2. The average Bonchev–Trinajstić information content (AvgIpc) is 3.18. The normalized spacial score (nSPS) is 11.2. The summed E-state index contributed by atoms with van der Waals surface area (Å²) < 4.78 is 3.14. The predicted octanol–water partition coefficient (Wildman–Crippen LogP) is 4.01. The van der Waals surface area contributed by atoms with Gasteiger partial charge in [0.2, 0.25) is 10.9 Å². The van der Waals surface area contributed by atoms with Crippen molar-refractivity contribution in [2.45, 2.75) is 11.7 Å². The molecule has 1 amide bonds. The molecule has 0 atom stereocenters. The summed E-state index contributed by atoms with van der Waals surface area (Å²) in [6, 6.07) is 15.5. The maximum absolute atomic E-state index is 12.1. The van der Waals surface area contributed by atoms with E-state index in [1.165, 1.54) is 11.8 Å². The molecule has 0 bridgehead atoms. The molecule has 5 nitrogen and oxygen atoms in total. The lowest BCUT2D eigenvalue weighted by atomic mass is 10.2. The van der Waals surface area contributed by atoms with Crippen molar-refractivity contribution in [3.8, 4) is 0 Å². The van der Waals surface area contributed by atoms with Gasteiger partial charge in [0.15, 0.2) is 5.16 Å². The van der Waals surface area contributed by atoms with Crippen LogP contribution in [-0.2, 0) is 11.3 Å². The van der Waals surface area contributed by atoms with Crippen LogP contribution >= 0.6 is 34.7 Å². The standard InChI is InChI=1S/C17H13ClN4OS2/c18-12-6-2-1-5-11(12)9-19-15(23)10-24-16-20-21-17-22(16)13-7-3-4-8-14(13)25-17/h1-8H,9-10H2,(H,19,23). The van der Waals surface area contributed by atoms with E-state index >= 15 is 0 Å². The van der Waals surface area contributed by atoms with Gasteiger partial charge in [-0.15, -0.1) is 10.2 Å². The lowest BCUT2D eigenvalue weighted by molar-refractivity contribution is -0.118. The number of rotatable bonds is 5. The molecule has 8 heteroatoms. The van der Waals surface area contributed by atoms with Gasteiger partial charge < -0.3 is 5.32 Å². The van der Waals surface area contributed by atoms with Gasteiger partial charge in [0.25, 0.3) is 0 Å². The van der Waals surface area contributed by atoms with Gasteiger partial charge in [-0.1, -0.05) is 65.0 Å². The Hall–Kier alpha value is -2.09. The molecule has 0 fully saturated rings. The highest BCUT2D eigenvalue weighted by atomic mass is 35.5. The molecule has 0 saturated heterocycles. The van der Waals surface area contributed by atoms with E-state index in [4.69, 9.17) is 11.6 Å². The molecule has 0 aliphatic rings. The van der Waals surface area contributed by atoms with Crippen molar-refractivity contribution in [1.29, 1.82) is 0 Å². The number of thioether (sulfide) groups is 1. The van der Waals surface area contributed by atoms with Crippen LogP contribution in [-0.4, -0.2) is 26.3 Å². The van der Waals surface area contributed by atoms with Crippen LogP contribution in [0.4, 0.5) is 0 Å². The summed E-state index contributed by atoms with van der Waals surface area (Å²) in [6.45, 7) is 0.412. The zero-order valence-electron chi connectivity index (χ0n) is 13.0. The van der Waals surface area contributed by atoms with Crippen LogP contribution < -0.4 is 5.32 Å². The van der Waals surface area contributed by atoms with E-state index in [-0.39, 0.29) is 11.7 Å². The third-order valence-corrected chi connectivity index (χ3v) is 5.99. The Bertz CT molecular complexity index is 1060. The van der Waals surface area contributed by atoms with E-state index in [2.05, 4.69) is 21.6 Å². The summed E-state index contributed by atoms with van der Waals surface area (Å²) in [5, 5.41) is 12.7. The topological polar surface area (TPSA) is 59.3 Å². The van der Waals surface area contributed by atoms with Gasteiger partial charge in [0.05, 0.1) is 16.0 Å². The molecule has 0 aliphatic heterocycles. The molecule has 25 heavy (non-hydrogen) atoms. The number of carbonyl (C=O) groups is 1. The van der Waals surface area contributed by atoms with Crippen molar-refractivity contribution in [2.24, 2.45) is 0 Å². The largest absolute Gasteiger partial charge is 0.351 e. The average molecular weight is 389 g/mol. The van der Waals surface area contributed by atoms with Gasteiger partial charge in [0, 0.05) is 11.6 Å². The summed E-state index contributed by atoms with van der Waals surface area (Å²) in [4.78, 5) is 13.0. The Labute approximate surface area is 157 Å². The third-order valence-electron chi connectivity index (χ3n) is 3.68. The van der Waals surface area contributed by atoms with Crippen molar-refractivity contribution in [3.05, 3.63) is 59.1 Å². The molecule has 4 rings (SSSR count). The van der Waals surface area contributed by atoms with Crippen molar-refractivity contribution >= 4 is 55.8 Å². The number of carbonyl (C=O) groups excluding carboxylic acids is 1. The van der Waals surface area contributed by atoms with Crippen molar-refractivity contribution in [1.82, 2.24) is 19.9 Å². The smallest absolute Gasteiger partial charge is 0.230 e. The maximum atomic E-state index is 12.1. The summed E-state index contributed by atoms with van der Waals surface area (Å²) in [5.74, 6) is 0.205. The van der Waals surface area contributed by atoms with Crippen LogP contribution in [0.15, 0.2) is 53.7 Å². The molecule has 1 N–H and O–H groups in total. The molecule has 0 unspecified atom stereocenters. The summed E-state index contributed by atoms with van der Waals surface area (Å²) in [5.41, 5.74) is 1.96. The van der Waals surface area contributed by atoms with E-state index < -0.39 is 0 Å². The Morgan fingerprint density at radius 1 is 1.16 bits per heavy atom. The van der Waals surface area contributed by atoms with Gasteiger partial charge in [0.1, 0.15) is 0 Å². The van der Waals surface area contributed by atoms with Crippen LogP contribution in [0, 0.1) is 0 Å². The monoisotopic (exact) mass is 388 g/mol. The molecular weight excluding hydrogens is 376 g/mol. The van der Waals surface area contributed by atoms with Gasteiger partial charge in [-0.25, -0.2) is 0 Å². The number of nitrogens with one attached hydrogen (secondary N) is 1. The minimum atomic E-state index is -0.0683. The molecule has 0 saturated carbocycles. The van der Waals surface area contributed by atoms with Gasteiger partial charge in [-0.05, 0) is 23.8 Å². The van der Waals surface area contributed by atoms with Gasteiger partial charge in [-0.3, -0.25) is 9.20 Å². The van der Waals surface area contributed by atoms with Crippen LogP contribution in [0.3, 0.4) is 0 Å². The fourth-order valence-corrected chi connectivity index (χ4v) is 4.47. The second kappa shape index (κ2) is 7.03. The third kappa shape index (κ3) is 3.35.